The van der Waals surface area contributed by atoms with Gasteiger partial charge in [0.1, 0.15) is 0 Å². The molecule has 1 heterocycles. The van der Waals surface area contributed by atoms with Crippen LogP contribution in [-0.4, -0.2) is 35.2 Å². The molecule has 0 aliphatic carbocycles. The Morgan fingerprint density at radius 3 is 2.77 bits per heavy atom. The van der Waals surface area contributed by atoms with Gasteiger partial charge in [0, 0.05) is 19.0 Å². The van der Waals surface area contributed by atoms with E-state index in [1.807, 2.05) is 0 Å². The van der Waals surface area contributed by atoms with Gasteiger partial charge in [-0.2, -0.15) is 0 Å². The molecule has 0 amide bonds. The third-order valence-corrected chi connectivity index (χ3v) is 3.29. The molecule has 0 spiro atoms. The van der Waals surface area contributed by atoms with Crippen molar-refractivity contribution < 1.29 is 5.11 Å². The summed E-state index contributed by atoms with van der Waals surface area (Å²) in [6.07, 6.45) is 6.53. The SMILES string of the molecule is C#CCC1(O)CC(C)N(C)CC1C. The van der Waals surface area contributed by atoms with Crippen LogP contribution in [0.2, 0.25) is 0 Å². The van der Waals surface area contributed by atoms with Gasteiger partial charge in [-0.25, -0.2) is 0 Å². The van der Waals surface area contributed by atoms with Gasteiger partial charge in [0.2, 0.25) is 0 Å². The molecule has 3 unspecified atom stereocenters. The van der Waals surface area contributed by atoms with Gasteiger partial charge in [0.05, 0.1) is 5.60 Å². The highest BCUT2D eigenvalue weighted by atomic mass is 16.3. The summed E-state index contributed by atoms with van der Waals surface area (Å²) in [4.78, 5) is 2.27. The average Bonchev–Trinajstić information content (AvgIpc) is 2.02. The highest BCUT2D eigenvalue weighted by molar-refractivity contribution is 5.02. The van der Waals surface area contributed by atoms with Crippen LogP contribution in [0.25, 0.3) is 0 Å². The average molecular weight is 181 g/mol. The summed E-state index contributed by atoms with van der Waals surface area (Å²) in [7, 11) is 2.09. The van der Waals surface area contributed by atoms with Gasteiger partial charge in [-0.3, -0.25) is 0 Å². The molecule has 0 bridgehead atoms. The van der Waals surface area contributed by atoms with Gasteiger partial charge in [-0.15, -0.1) is 12.3 Å². The van der Waals surface area contributed by atoms with Crippen LogP contribution in [0.3, 0.4) is 0 Å². The molecule has 0 aromatic rings. The molecule has 1 aliphatic heterocycles. The first-order valence-corrected chi connectivity index (χ1v) is 4.85. The van der Waals surface area contributed by atoms with E-state index in [0.717, 1.165) is 13.0 Å². The third kappa shape index (κ3) is 2.04. The molecule has 2 nitrogen and oxygen atoms in total. The molecule has 0 aromatic carbocycles. The van der Waals surface area contributed by atoms with Gasteiger partial charge in [0.15, 0.2) is 0 Å². The number of piperidine rings is 1. The minimum Gasteiger partial charge on any atom is -0.389 e. The van der Waals surface area contributed by atoms with Crippen molar-refractivity contribution in [3.05, 3.63) is 0 Å². The van der Waals surface area contributed by atoms with Crippen LogP contribution in [0.15, 0.2) is 0 Å². The second-order valence-corrected chi connectivity index (χ2v) is 4.38. The summed E-state index contributed by atoms with van der Waals surface area (Å²) < 4.78 is 0. The van der Waals surface area contributed by atoms with Crippen molar-refractivity contribution in [2.24, 2.45) is 5.92 Å². The zero-order chi connectivity index (χ0) is 10.1. The summed E-state index contributed by atoms with van der Waals surface area (Å²) in [6, 6.07) is 0.426. The summed E-state index contributed by atoms with van der Waals surface area (Å²) in [5.41, 5.74) is -0.638. The second-order valence-electron chi connectivity index (χ2n) is 4.38. The van der Waals surface area contributed by atoms with Crippen LogP contribution < -0.4 is 0 Å². The van der Waals surface area contributed by atoms with E-state index in [4.69, 9.17) is 6.42 Å². The first-order valence-electron chi connectivity index (χ1n) is 4.85. The van der Waals surface area contributed by atoms with Gasteiger partial charge < -0.3 is 10.0 Å². The Hall–Kier alpha value is -0.520. The molecule has 0 aromatic heterocycles. The van der Waals surface area contributed by atoms with Crippen molar-refractivity contribution in [2.75, 3.05) is 13.6 Å². The Balaban J connectivity index is 2.71. The van der Waals surface area contributed by atoms with E-state index in [0.29, 0.717) is 12.5 Å². The van der Waals surface area contributed by atoms with Crippen LogP contribution in [-0.2, 0) is 0 Å². The third-order valence-electron chi connectivity index (χ3n) is 3.29. The first-order chi connectivity index (χ1) is 5.99. The molecule has 13 heavy (non-hydrogen) atoms. The van der Waals surface area contributed by atoms with Gasteiger partial charge in [-0.05, 0) is 26.3 Å². The Kier molecular flexibility index (Phi) is 3.00. The first kappa shape index (κ1) is 10.6. The summed E-state index contributed by atoms with van der Waals surface area (Å²) in [5, 5.41) is 10.3. The molecule has 0 radical (unpaired) electrons. The van der Waals surface area contributed by atoms with E-state index in [1.54, 1.807) is 0 Å². The second kappa shape index (κ2) is 3.69. The fourth-order valence-corrected chi connectivity index (χ4v) is 2.07. The molecule has 1 aliphatic rings. The Morgan fingerprint density at radius 2 is 2.23 bits per heavy atom. The van der Waals surface area contributed by atoms with Crippen molar-refractivity contribution in [1.82, 2.24) is 4.90 Å². The molecule has 3 atom stereocenters. The van der Waals surface area contributed by atoms with E-state index in [-0.39, 0.29) is 5.92 Å². The number of terminal acetylenes is 1. The van der Waals surface area contributed by atoms with Crippen LogP contribution >= 0.6 is 0 Å². The molecule has 1 rings (SSSR count). The maximum atomic E-state index is 10.3. The van der Waals surface area contributed by atoms with Crippen LogP contribution in [0.4, 0.5) is 0 Å². The number of rotatable bonds is 1. The lowest BCUT2D eigenvalue weighted by Crippen LogP contribution is -2.53. The lowest BCUT2D eigenvalue weighted by molar-refractivity contribution is -0.0745. The molecule has 1 saturated heterocycles. The van der Waals surface area contributed by atoms with Crippen LogP contribution in [0.5, 0.6) is 0 Å². The Bertz CT molecular complexity index is 221. The molecule has 1 fully saturated rings. The minimum atomic E-state index is -0.638. The molecular formula is C11H19NO. The largest absolute Gasteiger partial charge is 0.389 e. The van der Waals surface area contributed by atoms with Crippen molar-refractivity contribution >= 4 is 0 Å². The van der Waals surface area contributed by atoms with Gasteiger partial charge >= 0.3 is 0 Å². The molecule has 0 saturated carbocycles. The number of nitrogens with zero attached hydrogens (tertiary/aromatic N) is 1. The minimum absolute atomic E-state index is 0.268. The zero-order valence-corrected chi connectivity index (χ0v) is 8.75. The van der Waals surface area contributed by atoms with E-state index in [9.17, 15) is 5.11 Å². The van der Waals surface area contributed by atoms with Crippen molar-refractivity contribution in [2.45, 2.75) is 38.3 Å². The highest BCUT2D eigenvalue weighted by Gasteiger charge is 2.40. The summed E-state index contributed by atoms with van der Waals surface area (Å²) >= 11 is 0. The normalized spacial score (nSPS) is 41.5. The van der Waals surface area contributed by atoms with Crippen molar-refractivity contribution in [1.29, 1.82) is 0 Å². The zero-order valence-electron chi connectivity index (χ0n) is 8.75. The molecule has 2 heteroatoms. The van der Waals surface area contributed by atoms with Crippen molar-refractivity contribution in [3.63, 3.8) is 0 Å². The fourth-order valence-electron chi connectivity index (χ4n) is 2.07. The predicted octanol–water partition coefficient (Wildman–Crippen LogP) is 1.10. The van der Waals surface area contributed by atoms with E-state index in [2.05, 4.69) is 31.7 Å². The topological polar surface area (TPSA) is 23.5 Å². The quantitative estimate of drug-likeness (QED) is 0.612. The van der Waals surface area contributed by atoms with E-state index < -0.39 is 5.60 Å². The Morgan fingerprint density at radius 1 is 1.62 bits per heavy atom. The van der Waals surface area contributed by atoms with Crippen LogP contribution in [0.1, 0.15) is 26.7 Å². The lowest BCUT2D eigenvalue weighted by Gasteiger charge is -2.45. The van der Waals surface area contributed by atoms with Gasteiger partial charge in [-0.1, -0.05) is 6.92 Å². The predicted molar refractivity (Wildman–Crippen MR) is 54.3 cm³/mol. The fraction of sp³-hybridized carbons (Fsp3) is 0.818. The maximum absolute atomic E-state index is 10.3. The smallest absolute Gasteiger partial charge is 0.0808 e. The van der Waals surface area contributed by atoms with Gasteiger partial charge in [0.25, 0.3) is 0 Å². The number of hydrogen-bond donors (Lipinski definition) is 1. The molecule has 74 valence electrons. The van der Waals surface area contributed by atoms with E-state index in [1.165, 1.54) is 0 Å². The maximum Gasteiger partial charge on any atom is 0.0808 e. The number of hydrogen-bond acceptors (Lipinski definition) is 2. The lowest BCUT2D eigenvalue weighted by atomic mass is 9.77. The summed E-state index contributed by atoms with van der Waals surface area (Å²) in [6.45, 7) is 5.13. The highest BCUT2D eigenvalue weighted by Crippen LogP contribution is 2.32. The number of likely N-dealkylation sites (tertiary alicyclic amines) is 1. The van der Waals surface area contributed by atoms with Crippen molar-refractivity contribution in [3.8, 4) is 12.3 Å². The molecule has 1 N–H and O–H groups in total. The molecular weight excluding hydrogens is 162 g/mol. The Labute approximate surface area is 80.9 Å². The van der Waals surface area contributed by atoms with Crippen LogP contribution in [0, 0.1) is 18.3 Å². The standard InChI is InChI=1S/C11H19NO/c1-5-6-11(13)7-10(3)12(4)8-9(11)2/h1,9-10,13H,6-8H2,2-4H3. The number of aliphatic hydroxyl groups is 1. The monoisotopic (exact) mass is 181 g/mol. The summed E-state index contributed by atoms with van der Waals surface area (Å²) in [5.74, 6) is 2.84. The van der Waals surface area contributed by atoms with E-state index >= 15 is 0 Å².